The van der Waals surface area contributed by atoms with Gasteiger partial charge in [-0.1, -0.05) is 18.2 Å². The number of nitrogens with one attached hydrogen (secondary N) is 1. The Bertz CT molecular complexity index is 683. The van der Waals surface area contributed by atoms with Gasteiger partial charge in [0.05, 0.1) is 29.8 Å². The number of halogens is 1. The number of aliphatic hydroxyl groups is 1. The maximum absolute atomic E-state index is 12.9. The fourth-order valence-electron chi connectivity index (χ4n) is 2.91. The highest BCUT2D eigenvalue weighted by Crippen LogP contribution is 2.29. The van der Waals surface area contributed by atoms with Gasteiger partial charge in [-0.05, 0) is 35.3 Å². The molecule has 118 valence electrons. The Labute approximate surface area is 137 Å². The van der Waals surface area contributed by atoms with E-state index < -0.39 is 6.10 Å². The number of para-hydroxylation sites is 1. The van der Waals surface area contributed by atoms with Crippen LogP contribution in [-0.4, -0.2) is 52.8 Å². The van der Waals surface area contributed by atoms with E-state index in [0.29, 0.717) is 31.9 Å². The van der Waals surface area contributed by atoms with Crippen molar-refractivity contribution in [3.8, 4) is 0 Å². The van der Waals surface area contributed by atoms with Gasteiger partial charge in [0.15, 0.2) is 0 Å². The molecule has 3 rings (SSSR count). The predicted octanol–water partition coefficient (Wildman–Crippen LogP) is 2.54. The van der Waals surface area contributed by atoms with Crippen molar-refractivity contribution < 1.29 is 14.6 Å². The van der Waals surface area contributed by atoms with Crippen molar-refractivity contribution in [3.05, 3.63) is 34.4 Å². The molecule has 1 aromatic carbocycles. The second-order valence-electron chi connectivity index (χ2n) is 5.67. The van der Waals surface area contributed by atoms with Crippen LogP contribution in [-0.2, 0) is 4.74 Å². The summed E-state index contributed by atoms with van der Waals surface area (Å²) in [6, 6.07) is 7.70. The fraction of sp³-hybridized carbons (Fsp3) is 0.438. The average Bonchev–Trinajstić information content (AvgIpc) is 2.84. The number of H-pyrrole nitrogens is 1. The second kappa shape index (κ2) is 6.40. The van der Waals surface area contributed by atoms with Crippen molar-refractivity contribution in [3.63, 3.8) is 0 Å². The number of aromatic nitrogens is 1. The molecule has 5 nitrogen and oxygen atoms in total. The molecule has 0 spiro atoms. The van der Waals surface area contributed by atoms with Gasteiger partial charge in [-0.25, -0.2) is 0 Å². The number of rotatable bonds is 3. The molecule has 0 radical (unpaired) electrons. The summed E-state index contributed by atoms with van der Waals surface area (Å²) in [5, 5.41) is 10.6. The number of carbonyl (C=O) groups excluding carboxylic acids is 1. The third-order valence-corrected chi connectivity index (χ3v) is 4.78. The molecule has 22 heavy (non-hydrogen) atoms. The Hall–Kier alpha value is -1.37. The van der Waals surface area contributed by atoms with E-state index in [9.17, 15) is 9.90 Å². The van der Waals surface area contributed by atoms with Gasteiger partial charge in [0, 0.05) is 17.4 Å². The number of carbonyl (C=O) groups is 1. The first kappa shape index (κ1) is 15.5. The van der Waals surface area contributed by atoms with Crippen molar-refractivity contribution in [2.24, 2.45) is 0 Å². The molecule has 1 saturated heterocycles. The first-order valence-electron chi connectivity index (χ1n) is 7.41. The lowest BCUT2D eigenvalue weighted by atomic mass is 10.1. The van der Waals surface area contributed by atoms with Gasteiger partial charge in [0.1, 0.15) is 5.69 Å². The van der Waals surface area contributed by atoms with Gasteiger partial charge >= 0.3 is 0 Å². The third-order valence-electron chi connectivity index (χ3n) is 3.96. The minimum Gasteiger partial charge on any atom is -0.393 e. The SMILES string of the molecule is C[C@H](O)C[C@@H]1COCCN1C(=O)c1[nH]c2ccccc2c1Br. The number of ether oxygens (including phenoxy) is 1. The topological polar surface area (TPSA) is 65.6 Å². The monoisotopic (exact) mass is 366 g/mol. The van der Waals surface area contributed by atoms with Crippen LogP contribution in [0.25, 0.3) is 10.9 Å². The van der Waals surface area contributed by atoms with Crippen LogP contribution in [0.15, 0.2) is 28.7 Å². The van der Waals surface area contributed by atoms with Crippen LogP contribution in [0.2, 0.25) is 0 Å². The van der Waals surface area contributed by atoms with Gasteiger partial charge in [0.25, 0.3) is 5.91 Å². The summed E-state index contributed by atoms with van der Waals surface area (Å²) in [5.74, 6) is -0.0583. The molecule has 1 amide bonds. The lowest BCUT2D eigenvalue weighted by Gasteiger charge is -2.36. The maximum atomic E-state index is 12.9. The summed E-state index contributed by atoms with van der Waals surface area (Å²) in [7, 11) is 0. The Balaban J connectivity index is 1.91. The fourth-order valence-corrected chi connectivity index (χ4v) is 3.52. The van der Waals surface area contributed by atoms with Crippen LogP contribution in [0.1, 0.15) is 23.8 Å². The number of hydrogen-bond acceptors (Lipinski definition) is 3. The normalized spacial score (nSPS) is 20.3. The molecule has 2 N–H and O–H groups in total. The smallest absolute Gasteiger partial charge is 0.271 e. The molecule has 0 saturated carbocycles. The number of fused-ring (bicyclic) bond motifs is 1. The number of hydrogen-bond donors (Lipinski definition) is 2. The van der Waals surface area contributed by atoms with Gasteiger partial charge in [-0.3, -0.25) is 4.79 Å². The Morgan fingerprint density at radius 1 is 1.55 bits per heavy atom. The number of amides is 1. The van der Waals surface area contributed by atoms with E-state index in [1.54, 1.807) is 11.8 Å². The van der Waals surface area contributed by atoms with E-state index in [0.717, 1.165) is 15.4 Å². The van der Waals surface area contributed by atoms with Crippen molar-refractivity contribution in [2.45, 2.75) is 25.5 Å². The highest BCUT2D eigenvalue weighted by atomic mass is 79.9. The number of nitrogens with zero attached hydrogens (tertiary/aromatic N) is 1. The summed E-state index contributed by atoms with van der Waals surface area (Å²) in [4.78, 5) is 17.9. The largest absolute Gasteiger partial charge is 0.393 e. The van der Waals surface area contributed by atoms with E-state index >= 15 is 0 Å². The van der Waals surface area contributed by atoms with Gasteiger partial charge in [-0.15, -0.1) is 0 Å². The van der Waals surface area contributed by atoms with Crippen molar-refractivity contribution in [1.29, 1.82) is 0 Å². The molecule has 1 aliphatic rings. The molecular formula is C16H19BrN2O3. The average molecular weight is 367 g/mol. The number of aromatic amines is 1. The maximum Gasteiger partial charge on any atom is 0.271 e. The lowest BCUT2D eigenvalue weighted by molar-refractivity contribution is -0.0155. The zero-order valence-electron chi connectivity index (χ0n) is 12.4. The highest BCUT2D eigenvalue weighted by Gasteiger charge is 2.31. The summed E-state index contributed by atoms with van der Waals surface area (Å²) in [6.45, 7) is 3.27. The van der Waals surface area contributed by atoms with Crippen LogP contribution in [0.3, 0.4) is 0 Å². The standard InChI is InChI=1S/C16H19BrN2O3/c1-10(20)8-11-9-22-7-6-19(11)16(21)15-14(17)12-4-2-3-5-13(12)18-15/h2-5,10-11,18,20H,6-9H2,1H3/t10-,11+/m0/s1. The molecule has 1 fully saturated rings. The zero-order valence-corrected chi connectivity index (χ0v) is 14.0. The van der Waals surface area contributed by atoms with Crippen LogP contribution in [0.5, 0.6) is 0 Å². The lowest BCUT2D eigenvalue weighted by Crippen LogP contribution is -2.50. The first-order valence-corrected chi connectivity index (χ1v) is 8.20. The Morgan fingerprint density at radius 2 is 2.32 bits per heavy atom. The predicted molar refractivity (Wildman–Crippen MR) is 87.9 cm³/mol. The molecule has 1 aliphatic heterocycles. The van der Waals surface area contributed by atoms with Crippen molar-refractivity contribution in [2.75, 3.05) is 19.8 Å². The minimum atomic E-state index is -0.465. The quantitative estimate of drug-likeness (QED) is 0.876. The molecule has 2 heterocycles. The van der Waals surface area contributed by atoms with Crippen LogP contribution < -0.4 is 0 Å². The molecular weight excluding hydrogens is 348 g/mol. The Morgan fingerprint density at radius 3 is 3.05 bits per heavy atom. The van der Waals surface area contributed by atoms with Gasteiger partial charge in [-0.2, -0.15) is 0 Å². The molecule has 0 unspecified atom stereocenters. The van der Waals surface area contributed by atoms with E-state index in [2.05, 4.69) is 20.9 Å². The van der Waals surface area contributed by atoms with E-state index in [-0.39, 0.29) is 11.9 Å². The van der Waals surface area contributed by atoms with E-state index in [1.807, 2.05) is 24.3 Å². The summed E-state index contributed by atoms with van der Waals surface area (Å²) in [6.07, 6.45) is 0.0528. The summed E-state index contributed by atoms with van der Waals surface area (Å²) < 4.78 is 6.25. The summed E-state index contributed by atoms with van der Waals surface area (Å²) in [5.41, 5.74) is 1.48. The van der Waals surface area contributed by atoms with E-state index in [4.69, 9.17) is 4.74 Å². The number of benzene rings is 1. The van der Waals surface area contributed by atoms with Gasteiger partial charge < -0.3 is 19.7 Å². The first-order chi connectivity index (χ1) is 10.6. The molecule has 1 aromatic heterocycles. The number of aliphatic hydroxyl groups excluding tert-OH is 1. The zero-order chi connectivity index (χ0) is 15.7. The van der Waals surface area contributed by atoms with Crippen molar-refractivity contribution >= 4 is 32.7 Å². The van der Waals surface area contributed by atoms with Crippen LogP contribution >= 0.6 is 15.9 Å². The molecule has 0 aliphatic carbocycles. The highest BCUT2D eigenvalue weighted by molar-refractivity contribution is 9.10. The molecule has 2 aromatic rings. The van der Waals surface area contributed by atoms with Gasteiger partial charge in [0.2, 0.25) is 0 Å². The van der Waals surface area contributed by atoms with Crippen molar-refractivity contribution in [1.82, 2.24) is 9.88 Å². The molecule has 0 bridgehead atoms. The minimum absolute atomic E-state index is 0.0583. The number of morpholine rings is 1. The molecule has 6 heteroatoms. The van der Waals surface area contributed by atoms with Crippen LogP contribution in [0, 0.1) is 0 Å². The van der Waals surface area contributed by atoms with E-state index in [1.165, 1.54) is 0 Å². The molecule has 2 atom stereocenters. The second-order valence-corrected chi connectivity index (χ2v) is 6.46. The van der Waals surface area contributed by atoms with Crippen LogP contribution in [0.4, 0.5) is 0 Å². The summed E-state index contributed by atoms with van der Waals surface area (Å²) >= 11 is 3.53. The third kappa shape index (κ3) is 2.91. The Kier molecular flexibility index (Phi) is 4.52.